The van der Waals surface area contributed by atoms with E-state index in [1.807, 2.05) is 58.6 Å². The van der Waals surface area contributed by atoms with E-state index in [4.69, 9.17) is 4.74 Å². The number of carbonyl (C=O) groups excluding carboxylic acids is 3. The van der Waals surface area contributed by atoms with Gasteiger partial charge in [0.05, 0.1) is 18.2 Å². The second-order valence-electron chi connectivity index (χ2n) is 10.9. The fraction of sp³-hybridized carbons (Fsp3) is 0.607. The molecule has 1 atom stereocenters. The Hall–Kier alpha value is -3.07. The first kappa shape index (κ1) is 28.5. The third-order valence-electron chi connectivity index (χ3n) is 6.72. The van der Waals surface area contributed by atoms with Crippen molar-refractivity contribution in [1.29, 1.82) is 0 Å². The molecule has 2 heterocycles. The van der Waals surface area contributed by atoms with Crippen LogP contribution in [0.3, 0.4) is 0 Å². The minimum absolute atomic E-state index is 0.0667. The highest BCUT2D eigenvalue weighted by atomic mass is 16.5. The molecule has 0 spiro atoms. The summed E-state index contributed by atoms with van der Waals surface area (Å²) < 4.78 is 5.51. The maximum atomic E-state index is 13.4. The third-order valence-corrected chi connectivity index (χ3v) is 6.72. The number of nitrogens with one attached hydrogen (secondary N) is 2. The first-order valence-corrected chi connectivity index (χ1v) is 13.3. The summed E-state index contributed by atoms with van der Waals surface area (Å²) in [6.07, 6.45) is 0.804. The number of esters is 1. The Kier molecular flexibility index (Phi) is 9.23. The van der Waals surface area contributed by atoms with E-state index in [1.165, 1.54) is 0 Å². The second-order valence-corrected chi connectivity index (χ2v) is 10.9. The van der Waals surface area contributed by atoms with Crippen molar-refractivity contribution >= 4 is 18.0 Å². The van der Waals surface area contributed by atoms with Gasteiger partial charge in [0.15, 0.2) is 0 Å². The van der Waals surface area contributed by atoms with E-state index in [0.29, 0.717) is 44.0 Å². The Labute approximate surface area is 221 Å². The van der Waals surface area contributed by atoms with Gasteiger partial charge >= 0.3 is 18.0 Å². The molecule has 1 unspecified atom stereocenters. The Morgan fingerprint density at radius 3 is 2.46 bits per heavy atom. The molecule has 0 aliphatic carbocycles. The molecule has 1 aromatic rings. The Bertz CT molecular complexity index is 1050. The Morgan fingerprint density at radius 2 is 1.84 bits per heavy atom. The number of rotatable bonds is 6. The first-order valence-electron chi connectivity index (χ1n) is 13.3. The molecule has 2 aliphatic rings. The number of benzene rings is 1. The summed E-state index contributed by atoms with van der Waals surface area (Å²) in [5.74, 6) is -0.415. The fourth-order valence-electron chi connectivity index (χ4n) is 4.98. The first-order chi connectivity index (χ1) is 17.4. The molecule has 204 valence electrons. The molecule has 1 saturated heterocycles. The van der Waals surface area contributed by atoms with Crippen molar-refractivity contribution in [2.24, 2.45) is 0 Å². The van der Waals surface area contributed by atoms with Crippen molar-refractivity contribution in [3.8, 4) is 0 Å². The number of hydrogen-bond donors (Lipinski definition) is 2. The number of ether oxygens (including phenoxy) is 1. The maximum absolute atomic E-state index is 13.4. The molecule has 37 heavy (non-hydrogen) atoms. The van der Waals surface area contributed by atoms with Gasteiger partial charge in [0.25, 0.3) is 0 Å². The molecule has 2 aliphatic heterocycles. The molecule has 2 N–H and O–H groups in total. The number of aryl methyl sites for hydroxylation is 2. The van der Waals surface area contributed by atoms with Crippen LogP contribution in [0.25, 0.3) is 0 Å². The van der Waals surface area contributed by atoms with Crippen molar-refractivity contribution in [2.75, 3.05) is 45.9 Å². The zero-order valence-corrected chi connectivity index (χ0v) is 23.4. The van der Waals surface area contributed by atoms with Crippen LogP contribution in [0.2, 0.25) is 0 Å². The zero-order chi connectivity index (χ0) is 27.3. The largest absolute Gasteiger partial charge is 0.463 e. The number of urea groups is 2. The fourth-order valence-corrected chi connectivity index (χ4v) is 4.98. The molecular weight excluding hydrogens is 470 g/mol. The lowest BCUT2D eigenvalue weighted by Gasteiger charge is -2.38. The van der Waals surface area contributed by atoms with E-state index < -0.39 is 12.0 Å². The predicted octanol–water partition coefficient (Wildman–Crippen LogP) is 3.72. The monoisotopic (exact) mass is 513 g/mol. The van der Waals surface area contributed by atoms with Gasteiger partial charge in [-0.1, -0.05) is 23.8 Å². The van der Waals surface area contributed by atoms with E-state index in [9.17, 15) is 14.4 Å². The van der Waals surface area contributed by atoms with Crippen molar-refractivity contribution in [3.05, 3.63) is 46.2 Å². The SMILES string of the molecule is CCOC(=O)C1=C(CN2CCCN(C(=O)NC(C)(C)C)CC2)N(CC)C(=O)NC1c1ccc(C)cc1C. The van der Waals surface area contributed by atoms with E-state index >= 15 is 0 Å². The molecule has 0 radical (unpaired) electrons. The molecule has 3 rings (SSSR count). The normalized spacial score (nSPS) is 19.4. The highest BCUT2D eigenvalue weighted by Gasteiger charge is 2.39. The van der Waals surface area contributed by atoms with Crippen LogP contribution in [-0.2, 0) is 9.53 Å². The highest BCUT2D eigenvalue weighted by Crippen LogP contribution is 2.34. The van der Waals surface area contributed by atoms with Crippen molar-refractivity contribution in [3.63, 3.8) is 0 Å². The maximum Gasteiger partial charge on any atom is 0.338 e. The van der Waals surface area contributed by atoms with Crippen LogP contribution >= 0.6 is 0 Å². The lowest BCUT2D eigenvalue weighted by atomic mass is 9.90. The van der Waals surface area contributed by atoms with E-state index in [2.05, 4.69) is 21.6 Å². The van der Waals surface area contributed by atoms with Gasteiger partial charge in [0.2, 0.25) is 0 Å². The minimum atomic E-state index is -0.592. The van der Waals surface area contributed by atoms with Crippen LogP contribution in [0.15, 0.2) is 29.5 Å². The topological polar surface area (TPSA) is 94.2 Å². The zero-order valence-electron chi connectivity index (χ0n) is 23.4. The van der Waals surface area contributed by atoms with Crippen LogP contribution in [-0.4, -0.2) is 84.1 Å². The number of likely N-dealkylation sites (N-methyl/N-ethyl adjacent to an activating group) is 1. The van der Waals surface area contributed by atoms with E-state index in [-0.39, 0.29) is 24.2 Å². The summed E-state index contributed by atoms with van der Waals surface area (Å²) in [5, 5.41) is 6.10. The molecule has 9 heteroatoms. The molecule has 4 amide bonds. The average Bonchev–Trinajstić information content (AvgIpc) is 3.04. The van der Waals surface area contributed by atoms with Crippen LogP contribution in [0.1, 0.15) is 63.8 Å². The number of nitrogens with zero attached hydrogens (tertiary/aromatic N) is 3. The van der Waals surface area contributed by atoms with Crippen molar-refractivity contribution < 1.29 is 19.1 Å². The summed E-state index contributed by atoms with van der Waals surface area (Å²) in [4.78, 5) is 45.1. The van der Waals surface area contributed by atoms with Gasteiger partial charge in [-0.2, -0.15) is 0 Å². The van der Waals surface area contributed by atoms with Crippen LogP contribution < -0.4 is 10.6 Å². The van der Waals surface area contributed by atoms with Gasteiger partial charge in [-0.3, -0.25) is 9.80 Å². The molecule has 0 saturated carbocycles. The number of hydrogen-bond acceptors (Lipinski definition) is 5. The van der Waals surface area contributed by atoms with Gasteiger partial charge in [-0.25, -0.2) is 14.4 Å². The van der Waals surface area contributed by atoms with Gasteiger partial charge in [-0.05, 0) is 66.0 Å². The molecule has 0 aromatic heterocycles. The Morgan fingerprint density at radius 1 is 1.11 bits per heavy atom. The van der Waals surface area contributed by atoms with Crippen LogP contribution in [0, 0.1) is 13.8 Å². The lowest BCUT2D eigenvalue weighted by Crippen LogP contribution is -2.51. The Balaban J connectivity index is 1.95. The second kappa shape index (κ2) is 12.0. The van der Waals surface area contributed by atoms with E-state index in [0.717, 1.165) is 29.7 Å². The smallest absolute Gasteiger partial charge is 0.338 e. The van der Waals surface area contributed by atoms with Crippen molar-refractivity contribution in [1.82, 2.24) is 25.3 Å². The van der Waals surface area contributed by atoms with Crippen LogP contribution in [0.5, 0.6) is 0 Å². The molecule has 1 fully saturated rings. The number of carbonyl (C=O) groups is 3. The molecule has 0 bridgehead atoms. The summed E-state index contributed by atoms with van der Waals surface area (Å²) in [6.45, 7) is 17.3. The minimum Gasteiger partial charge on any atom is -0.463 e. The third kappa shape index (κ3) is 7.03. The average molecular weight is 514 g/mol. The van der Waals surface area contributed by atoms with E-state index in [1.54, 1.807) is 11.8 Å². The molecule has 9 nitrogen and oxygen atoms in total. The lowest BCUT2D eigenvalue weighted by molar-refractivity contribution is -0.139. The van der Waals surface area contributed by atoms with Gasteiger partial charge in [0, 0.05) is 50.5 Å². The summed E-state index contributed by atoms with van der Waals surface area (Å²) in [5.41, 5.74) is 3.85. The predicted molar refractivity (Wildman–Crippen MR) is 144 cm³/mol. The molecule has 1 aromatic carbocycles. The van der Waals surface area contributed by atoms with Gasteiger partial charge < -0.3 is 20.3 Å². The van der Waals surface area contributed by atoms with Gasteiger partial charge in [0.1, 0.15) is 0 Å². The highest BCUT2D eigenvalue weighted by molar-refractivity contribution is 5.95. The number of amides is 4. The standard InChI is InChI=1S/C28H43N5O4/c1-8-33-22(18-31-13-10-14-32(16-15-31)27(36)30-28(5,6)7)23(25(34)37-9-2)24(29-26(33)35)21-12-11-19(3)17-20(21)4/h11-12,17,24H,8-10,13-16,18H2,1-7H3,(H,29,35)(H,30,36). The quantitative estimate of drug-likeness (QED) is 0.566. The van der Waals surface area contributed by atoms with Gasteiger partial charge in [-0.15, -0.1) is 0 Å². The van der Waals surface area contributed by atoms with Crippen molar-refractivity contribution in [2.45, 2.75) is 66.5 Å². The summed E-state index contributed by atoms with van der Waals surface area (Å²) in [6, 6.07) is 5.15. The molecular formula is C28H43N5O4. The summed E-state index contributed by atoms with van der Waals surface area (Å²) in [7, 11) is 0. The van der Waals surface area contributed by atoms with Crippen LogP contribution in [0.4, 0.5) is 9.59 Å². The summed E-state index contributed by atoms with van der Waals surface area (Å²) >= 11 is 0.